The lowest BCUT2D eigenvalue weighted by Gasteiger charge is -2.05. The SMILES string of the molecule is NC(Cc1nc(-c2ccccc2)cs1)c1cscn1. The minimum atomic E-state index is -0.0685. The van der Waals surface area contributed by atoms with E-state index in [9.17, 15) is 0 Å². The molecule has 3 nitrogen and oxygen atoms in total. The van der Waals surface area contributed by atoms with E-state index in [0.29, 0.717) is 0 Å². The van der Waals surface area contributed by atoms with E-state index in [0.717, 1.165) is 28.4 Å². The molecule has 0 bridgehead atoms. The van der Waals surface area contributed by atoms with Gasteiger partial charge >= 0.3 is 0 Å². The molecule has 1 aromatic carbocycles. The summed E-state index contributed by atoms with van der Waals surface area (Å²) in [5.74, 6) is 0. The van der Waals surface area contributed by atoms with Gasteiger partial charge in [-0.25, -0.2) is 9.97 Å². The van der Waals surface area contributed by atoms with Crippen LogP contribution in [0.25, 0.3) is 11.3 Å². The van der Waals surface area contributed by atoms with E-state index in [1.54, 1.807) is 22.7 Å². The van der Waals surface area contributed by atoms with E-state index < -0.39 is 0 Å². The Kier molecular flexibility index (Phi) is 3.68. The van der Waals surface area contributed by atoms with Gasteiger partial charge in [0.15, 0.2) is 0 Å². The number of aromatic nitrogens is 2. The fraction of sp³-hybridized carbons (Fsp3) is 0.143. The van der Waals surface area contributed by atoms with Gasteiger partial charge in [0.05, 0.1) is 27.9 Å². The van der Waals surface area contributed by atoms with E-state index in [2.05, 4.69) is 27.5 Å². The Morgan fingerprint density at radius 2 is 2.00 bits per heavy atom. The van der Waals surface area contributed by atoms with Gasteiger partial charge in [0.1, 0.15) is 0 Å². The summed E-state index contributed by atoms with van der Waals surface area (Å²) in [5, 5.41) is 5.13. The van der Waals surface area contributed by atoms with Crippen molar-refractivity contribution in [2.45, 2.75) is 12.5 Å². The van der Waals surface area contributed by atoms with Crippen LogP contribution >= 0.6 is 22.7 Å². The topological polar surface area (TPSA) is 51.8 Å². The standard InChI is InChI=1S/C14H13N3S2/c15-11(13-7-18-9-16-13)6-14-17-12(8-19-14)10-4-2-1-3-5-10/h1-5,7-9,11H,6,15H2. The second kappa shape index (κ2) is 5.61. The van der Waals surface area contributed by atoms with Crippen molar-refractivity contribution in [2.24, 2.45) is 5.73 Å². The molecule has 3 rings (SSSR count). The molecule has 0 radical (unpaired) electrons. The summed E-state index contributed by atoms with van der Waals surface area (Å²) >= 11 is 3.23. The highest BCUT2D eigenvalue weighted by molar-refractivity contribution is 7.10. The fourth-order valence-corrected chi connectivity index (χ4v) is 3.33. The summed E-state index contributed by atoms with van der Waals surface area (Å²) in [5.41, 5.74) is 11.1. The largest absolute Gasteiger partial charge is 0.322 e. The first kappa shape index (κ1) is 12.5. The molecule has 19 heavy (non-hydrogen) atoms. The first-order valence-electron chi connectivity index (χ1n) is 5.96. The van der Waals surface area contributed by atoms with Crippen LogP contribution in [0, 0.1) is 0 Å². The Hall–Kier alpha value is -1.56. The van der Waals surface area contributed by atoms with Gasteiger partial charge < -0.3 is 5.73 Å². The third-order valence-electron chi connectivity index (χ3n) is 2.85. The maximum atomic E-state index is 6.13. The van der Waals surface area contributed by atoms with Crippen molar-refractivity contribution in [1.29, 1.82) is 0 Å². The predicted molar refractivity (Wildman–Crippen MR) is 80.3 cm³/mol. The van der Waals surface area contributed by atoms with Crippen molar-refractivity contribution in [3.63, 3.8) is 0 Å². The van der Waals surface area contributed by atoms with Crippen molar-refractivity contribution in [3.05, 3.63) is 57.3 Å². The molecule has 0 saturated heterocycles. The zero-order valence-corrected chi connectivity index (χ0v) is 11.8. The Balaban J connectivity index is 1.75. The van der Waals surface area contributed by atoms with Gasteiger partial charge in [0, 0.05) is 22.7 Å². The van der Waals surface area contributed by atoms with Crippen LogP contribution in [0.4, 0.5) is 0 Å². The maximum Gasteiger partial charge on any atom is 0.0952 e. The van der Waals surface area contributed by atoms with Gasteiger partial charge in [-0.05, 0) is 0 Å². The van der Waals surface area contributed by atoms with Crippen LogP contribution in [0.2, 0.25) is 0 Å². The van der Waals surface area contributed by atoms with E-state index in [1.165, 1.54) is 0 Å². The van der Waals surface area contributed by atoms with Gasteiger partial charge in [-0.15, -0.1) is 22.7 Å². The van der Waals surface area contributed by atoms with Crippen LogP contribution in [0.15, 0.2) is 46.6 Å². The van der Waals surface area contributed by atoms with E-state index in [1.807, 2.05) is 29.1 Å². The molecule has 96 valence electrons. The lowest BCUT2D eigenvalue weighted by atomic mass is 10.1. The third kappa shape index (κ3) is 2.89. The molecule has 2 aromatic heterocycles. The molecule has 2 N–H and O–H groups in total. The van der Waals surface area contributed by atoms with Gasteiger partial charge in [-0.1, -0.05) is 30.3 Å². The minimum Gasteiger partial charge on any atom is -0.322 e. The van der Waals surface area contributed by atoms with Crippen LogP contribution in [-0.4, -0.2) is 9.97 Å². The molecule has 2 heterocycles. The highest BCUT2D eigenvalue weighted by Crippen LogP contribution is 2.24. The second-order valence-corrected chi connectivity index (χ2v) is 5.88. The zero-order chi connectivity index (χ0) is 13.1. The molecule has 1 unspecified atom stereocenters. The first-order valence-corrected chi connectivity index (χ1v) is 7.78. The number of nitrogens with two attached hydrogens (primary N) is 1. The molecule has 0 aliphatic heterocycles. The van der Waals surface area contributed by atoms with E-state index in [-0.39, 0.29) is 6.04 Å². The summed E-state index contributed by atoms with van der Waals surface area (Å²) in [6.45, 7) is 0. The summed E-state index contributed by atoms with van der Waals surface area (Å²) in [6, 6.07) is 10.1. The highest BCUT2D eigenvalue weighted by atomic mass is 32.1. The molecule has 5 heteroatoms. The summed E-state index contributed by atoms with van der Waals surface area (Å²) in [4.78, 5) is 8.89. The molecule has 0 fully saturated rings. The van der Waals surface area contributed by atoms with Crippen LogP contribution < -0.4 is 5.73 Å². The molecule has 3 aromatic rings. The Bertz CT molecular complexity index is 632. The summed E-state index contributed by atoms with van der Waals surface area (Å²) in [7, 11) is 0. The quantitative estimate of drug-likeness (QED) is 0.799. The molecule has 0 aliphatic rings. The lowest BCUT2D eigenvalue weighted by Crippen LogP contribution is -2.13. The number of rotatable bonds is 4. The van der Waals surface area contributed by atoms with Crippen molar-refractivity contribution < 1.29 is 0 Å². The second-order valence-electron chi connectivity index (χ2n) is 4.22. The highest BCUT2D eigenvalue weighted by Gasteiger charge is 2.12. The minimum absolute atomic E-state index is 0.0685. The maximum absolute atomic E-state index is 6.13. The predicted octanol–water partition coefficient (Wildman–Crippen LogP) is 3.51. The number of hydrogen-bond acceptors (Lipinski definition) is 5. The molecule has 0 saturated carbocycles. The number of nitrogens with zero attached hydrogens (tertiary/aromatic N) is 2. The first-order chi connectivity index (χ1) is 9.33. The molecule has 0 spiro atoms. The Morgan fingerprint density at radius 1 is 1.16 bits per heavy atom. The van der Waals surface area contributed by atoms with E-state index in [4.69, 9.17) is 5.73 Å². The molecular formula is C14H13N3S2. The normalized spacial score (nSPS) is 12.5. The van der Waals surface area contributed by atoms with E-state index >= 15 is 0 Å². The van der Waals surface area contributed by atoms with Crippen LogP contribution in [0.3, 0.4) is 0 Å². The Morgan fingerprint density at radius 3 is 2.74 bits per heavy atom. The van der Waals surface area contributed by atoms with Crippen LogP contribution in [0.1, 0.15) is 16.7 Å². The fourth-order valence-electron chi connectivity index (χ4n) is 1.84. The molecule has 1 atom stereocenters. The summed E-state index contributed by atoms with van der Waals surface area (Å²) < 4.78 is 0. The average molecular weight is 287 g/mol. The smallest absolute Gasteiger partial charge is 0.0952 e. The molecule has 0 amide bonds. The number of hydrogen-bond donors (Lipinski definition) is 1. The average Bonchev–Trinajstić information content (AvgIpc) is 3.11. The number of thiazole rings is 2. The molecular weight excluding hydrogens is 274 g/mol. The van der Waals surface area contributed by atoms with Gasteiger partial charge in [-0.2, -0.15) is 0 Å². The monoisotopic (exact) mass is 287 g/mol. The van der Waals surface area contributed by atoms with Crippen molar-refractivity contribution >= 4 is 22.7 Å². The van der Waals surface area contributed by atoms with Crippen molar-refractivity contribution in [2.75, 3.05) is 0 Å². The van der Waals surface area contributed by atoms with Crippen LogP contribution in [0.5, 0.6) is 0 Å². The van der Waals surface area contributed by atoms with Crippen molar-refractivity contribution in [1.82, 2.24) is 9.97 Å². The van der Waals surface area contributed by atoms with Crippen molar-refractivity contribution in [3.8, 4) is 11.3 Å². The Labute approximate surface area is 119 Å². The molecule has 0 aliphatic carbocycles. The zero-order valence-electron chi connectivity index (χ0n) is 10.2. The van der Waals surface area contributed by atoms with Crippen LogP contribution in [-0.2, 0) is 6.42 Å². The number of benzene rings is 1. The third-order valence-corrected chi connectivity index (χ3v) is 4.32. The van der Waals surface area contributed by atoms with Gasteiger partial charge in [0.25, 0.3) is 0 Å². The van der Waals surface area contributed by atoms with Gasteiger partial charge in [0.2, 0.25) is 0 Å². The lowest BCUT2D eigenvalue weighted by molar-refractivity contribution is 0.699. The summed E-state index contributed by atoms with van der Waals surface area (Å²) in [6.07, 6.45) is 0.737. The van der Waals surface area contributed by atoms with Gasteiger partial charge in [-0.3, -0.25) is 0 Å².